The van der Waals surface area contributed by atoms with Crippen LogP contribution in [0.1, 0.15) is 24.4 Å². The maximum Gasteiger partial charge on any atom is 0.245 e. The lowest BCUT2D eigenvalue weighted by Gasteiger charge is -2.37. The summed E-state index contributed by atoms with van der Waals surface area (Å²) >= 11 is 0. The molecule has 2 atom stereocenters. The molecule has 0 aliphatic carbocycles. The third kappa shape index (κ3) is 2.90. The molecule has 2 amide bonds. The Morgan fingerprint density at radius 3 is 2.76 bits per heavy atom. The van der Waals surface area contributed by atoms with Crippen LogP contribution in [0.2, 0.25) is 0 Å². The molecule has 0 bridgehead atoms. The Balaban J connectivity index is 1.79. The highest BCUT2D eigenvalue weighted by Gasteiger charge is 2.36. The minimum absolute atomic E-state index is 0.0834. The first-order chi connectivity index (χ1) is 10.1. The minimum Gasteiger partial charge on any atom is -0.377 e. The fraction of sp³-hybridized carbons (Fsp3) is 0.467. The van der Waals surface area contributed by atoms with Crippen molar-refractivity contribution in [1.29, 1.82) is 0 Å². The quantitative estimate of drug-likeness (QED) is 0.885. The van der Waals surface area contributed by atoms with Gasteiger partial charge in [0, 0.05) is 13.0 Å². The lowest BCUT2D eigenvalue weighted by Crippen LogP contribution is -2.50. The Kier molecular flexibility index (Phi) is 3.88. The van der Waals surface area contributed by atoms with Gasteiger partial charge in [0.25, 0.3) is 0 Å². The molecule has 5 nitrogen and oxygen atoms in total. The molecule has 0 saturated carbocycles. The fourth-order valence-electron chi connectivity index (χ4n) is 2.83. The summed E-state index contributed by atoms with van der Waals surface area (Å²) in [5, 5.41) is 2.70. The molecule has 6 heteroatoms. The maximum atomic E-state index is 13.0. The molecular formula is C15H17FN2O3. The highest BCUT2D eigenvalue weighted by Crippen LogP contribution is 2.26. The van der Waals surface area contributed by atoms with Crippen molar-refractivity contribution < 1.29 is 18.7 Å². The van der Waals surface area contributed by atoms with Gasteiger partial charge in [-0.2, -0.15) is 0 Å². The van der Waals surface area contributed by atoms with E-state index in [2.05, 4.69) is 5.32 Å². The highest BCUT2D eigenvalue weighted by molar-refractivity contribution is 5.91. The first kappa shape index (κ1) is 14.0. The Hall–Kier alpha value is -1.95. The van der Waals surface area contributed by atoms with Gasteiger partial charge >= 0.3 is 0 Å². The molecule has 2 aliphatic heterocycles. The molecule has 0 radical (unpaired) electrons. The van der Waals surface area contributed by atoms with Crippen LogP contribution in [-0.4, -0.2) is 42.5 Å². The molecule has 2 heterocycles. The Bertz CT molecular complexity index is 546. The summed E-state index contributed by atoms with van der Waals surface area (Å²) in [6.45, 7) is 1.34. The normalized spacial score (nSPS) is 25.8. The standard InChI is InChI=1S/C15H17FN2O3/c16-11-3-1-10(2-4-11)13-9-21-8-7-18(13)15(20)12-5-6-14(19)17-12/h1-4,12-13H,5-9H2,(H,17,19). The molecule has 2 unspecified atom stereocenters. The van der Waals surface area contributed by atoms with Crippen molar-refractivity contribution in [3.05, 3.63) is 35.6 Å². The van der Waals surface area contributed by atoms with Crippen molar-refractivity contribution >= 4 is 11.8 Å². The van der Waals surface area contributed by atoms with Crippen LogP contribution < -0.4 is 5.32 Å². The molecule has 1 aromatic carbocycles. The van der Waals surface area contributed by atoms with Gasteiger partial charge in [-0.3, -0.25) is 9.59 Å². The van der Waals surface area contributed by atoms with Crippen molar-refractivity contribution in [2.24, 2.45) is 0 Å². The molecule has 112 valence electrons. The van der Waals surface area contributed by atoms with Gasteiger partial charge < -0.3 is 15.0 Å². The van der Waals surface area contributed by atoms with Crippen molar-refractivity contribution in [2.75, 3.05) is 19.8 Å². The number of hydrogen-bond donors (Lipinski definition) is 1. The maximum absolute atomic E-state index is 13.0. The second-order valence-corrected chi connectivity index (χ2v) is 5.33. The Morgan fingerprint density at radius 1 is 1.33 bits per heavy atom. The number of carbonyl (C=O) groups excluding carboxylic acids is 2. The first-order valence-corrected chi connectivity index (χ1v) is 7.08. The van der Waals surface area contributed by atoms with Crippen LogP contribution in [0.4, 0.5) is 4.39 Å². The Labute approximate surface area is 122 Å². The van der Waals surface area contributed by atoms with Crippen LogP contribution in [0.15, 0.2) is 24.3 Å². The van der Waals surface area contributed by atoms with E-state index in [-0.39, 0.29) is 23.7 Å². The summed E-state index contributed by atoms with van der Waals surface area (Å²) in [6.07, 6.45) is 0.924. The lowest BCUT2D eigenvalue weighted by atomic mass is 10.0. The van der Waals surface area contributed by atoms with Crippen LogP contribution in [0.25, 0.3) is 0 Å². The number of carbonyl (C=O) groups is 2. The summed E-state index contributed by atoms with van der Waals surface area (Å²) in [7, 11) is 0. The van der Waals surface area contributed by atoms with E-state index in [0.717, 1.165) is 5.56 Å². The van der Waals surface area contributed by atoms with Gasteiger partial charge in [-0.1, -0.05) is 12.1 Å². The van der Waals surface area contributed by atoms with E-state index in [1.807, 2.05) is 0 Å². The zero-order valence-electron chi connectivity index (χ0n) is 11.5. The number of nitrogens with zero attached hydrogens (tertiary/aromatic N) is 1. The molecule has 0 spiro atoms. The zero-order valence-corrected chi connectivity index (χ0v) is 11.5. The van der Waals surface area contributed by atoms with Crippen LogP contribution in [0.5, 0.6) is 0 Å². The first-order valence-electron chi connectivity index (χ1n) is 7.08. The summed E-state index contributed by atoms with van der Waals surface area (Å²) in [6, 6.07) is 5.42. The number of morpholine rings is 1. The van der Waals surface area contributed by atoms with Gasteiger partial charge in [-0.15, -0.1) is 0 Å². The van der Waals surface area contributed by atoms with Gasteiger partial charge in [0.2, 0.25) is 11.8 Å². The molecule has 21 heavy (non-hydrogen) atoms. The third-order valence-corrected chi connectivity index (χ3v) is 3.96. The lowest BCUT2D eigenvalue weighted by molar-refractivity contribution is -0.142. The molecule has 2 saturated heterocycles. The number of amides is 2. The predicted octanol–water partition coefficient (Wildman–Crippen LogP) is 1.00. The van der Waals surface area contributed by atoms with Gasteiger partial charge in [-0.05, 0) is 24.1 Å². The molecule has 1 N–H and O–H groups in total. The van der Waals surface area contributed by atoms with Crippen molar-refractivity contribution in [2.45, 2.75) is 24.9 Å². The van der Waals surface area contributed by atoms with Crippen molar-refractivity contribution in [3.8, 4) is 0 Å². The van der Waals surface area contributed by atoms with Crippen LogP contribution in [0, 0.1) is 5.82 Å². The van der Waals surface area contributed by atoms with Crippen LogP contribution in [0.3, 0.4) is 0 Å². The number of nitrogens with one attached hydrogen (secondary N) is 1. The second-order valence-electron chi connectivity index (χ2n) is 5.33. The molecule has 0 aromatic heterocycles. The average Bonchev–Trinajstić information content (AvgIpc) is 2.94. The average molecular weight is 292 g/mol. The summed E-state index contributed by atoms with van der Waals surface area (Å²) in [4.78, 5) is 25.6. The van der Waals surface area contributed by atoms with Gasteiger partial charge in [0.1, 0.15) is 11.9 Å². The monoisotopic (exact) mass is 292 g/mol. The van der Waals surface area contributed by atoms with Gasteiger partial charge in [-0.25, -0.2) is 4.39 Å². The molecule has 2 fully saturated rings. The van der Waals surface area contributed by atoms with E-state index < -0.39 is 6.04 Å². The summed E-state index contributed by atoms with van der Waals surface area (Å²) in [5.74, 6) is -0.477. The Morgan fingerprint density at radius 2 is 2.10 bits per heavy atom. The van der Waals surface area contributed by atoms with Crippen LogP contribution >= 0.6 is 0 Å². The smallest absolute Gasteiger partial charge is 0.245 e. The number of ether oxygens (including phenoxy) is 1. The van der Waals surface area contributed by atoms with E-state index >= 15 is 0 Å². The van der Waals surface area contributed by atoms with Crippen molar-refractivity contribution in [1.82, 2.24) is 10.2 Å². The number of rotatable bonds is 2. The molecule has 3 rings (SSSR count). The predicted molar refractivity (Wildman–Crippen MR) is 72.8 cm³/mol. The number of halogens is 1. The molecule has 1 aromatic rings. The van der Waals surface area contributed by atoms with Crippen LogP contribution in [-0.2, 0) is 14.3 Å². The number of hydrogen-bond acceptors (Lipinski definition) is 3. The van der Waals surface area contributed by atoms with E-state index in [1.54, 1.807) is 17.0 Å². The zero-order chi connectivity index (χ0) is 14.8. The van der Waals surface area contributed by atoms with E-state index in [9.17, 15) is 14.0 Å². The molecule has 2 aliphatic rings. The largest absolute Gasteiger partial charge is 0.377 e. The SMILES string of the molecule is O=C1CCC(C(=O)N2CCOCC2c2ccc(F)cc2)N1. The second kappa shape index (κ2) is 5.81. The van der Waals surface area contributed by atoms with E-state index in [1.165, 1.54) is 12.1 Å². The summed E-state index contributed by atoms with van der Waals surface area (Å²) in [5.41, 5.74) is 0.841. The molecular weight excluding hydrogens is 275 g/mol. The third-order valence-electron chi connectivity index (χ3n) is 3.96. The van der Waals surface area contributed by atoms with E-state index in [0.29, 0.717) is 32.6 Å². The van der Waals surface area contributed by atoms with Gasteiger partial charge in [0.15, 0.2) is 0 Å². The minimum atomic E-state index is -0.446. The van der Waals surface area contributed by atoms with Gasteiger partial charge in [0.05, 0.1) is 19.3 Å². The number of benzene rings is 1. The van der Waals surface area contributed by atoms with Crippen molar-refractivity contribution in [3.63, 3.8) is 0 Å². The topological polar surface area (TPSA) is 58.6 Å². The van der Waals surface area contributed by atoms with E-state index in [4.69, 9.17) is 4.74 Å². The highest BCUT2D eigenvalue weighted by atomic mass is 19.1. The summed E-state index contributed by atoms with van der Waals surface area (Å²) < 4.78 is 18.5. The fourth-order valence-corrected chi connectivity index (χ4v) is 2.83.